The highest BCUT2D eigenvalue weighted by molar-refractivity contribution is 7.89. The zero-order chi connectivity index (χ0) is 16.3. The summed E-state index contributed by atoms with van der Waals surface area (Å²) in [4.78, 5) is 0.0132. The molecule has 0 bridgehead atoms. The molecule has 0 aliphatic rings. The number of halogens is 3. The lowest BCUT2D eigenvalue weighted by Crippen LogP contribution is -2.30. The largest absolute Gasteiger partial charge is 0.390 e. The molecule has 1 rings (SSSR count). The van der Waals surface area contributed by atoms with Gasteiger partial charge in [0, 0.05) is 38.6 Å². The van der Waals surface area contributed by atoms with E-state index < -0.39 is 29.2 Å². The van der Waals surface area contributed by atoms with Crippen molar-refractivity contribution in [2.75, 3.05) is 20.6 Å². The van der Waals surface area contributed by atoms with Crippen LogP contribution >= 0.6 is 0 Å². The molecule has 0 aliphatic heterocycles. The van der Waals surface area contributed by atoms with Gasteiger partial charge in [-0.15, -0.1) is 0 Å². The molecule has 1 N–H and O–H groups in total. The normalized spacial score (nSPS) is 13.1. The van der Waals surface area contributed by atoms with E-state index in [1.54, 1.807) is 11.6 Å². The minimum absolute atomic E-state index is 0.0132. The van der Waals surface area contributed by atoms with Gasteiger partial charge in [0.1, 0.15) is 4.90 Å². The van der Waals surface area contributed by atoms with E-state index in [2.05, 4.69) is 5.32 Å². The molecule has 0 saturated heterocycles. The van der Waals surface area contributed by atoms with Gasteiger partial charge in [-0.3, -0.25) is 0 Å². The Bertz CT molecular complexity index is 567. The first-order valence-corrected chi connectivity index (χ1v) is 7.92. The molecule has 1 aromatic heterocycles. The number of nitrogens with zero attached hydrogens (tertiary/aromatic N) is 2. The summed E-state index contributed by atoms with van der Waals surface area (Å²) < 4.78 is 63.6. The summed E-state index contributed by atoms with van der Waals surface area (Å²) >= 11 is 0. The summed E-state index contributed by atoms with van der Waals surface area (Å²) in [5, 5.41) is 2.92. The van der Waals surface area contributed by atoms with Crippen LogP contribution < -0.4 is 5.32 Å². The summed E-state index contributed by atoms with van der Waals surface area (Å²) in [6.45, 7) is 2.34. The van der Waals surface area contributed by atoms with Crippen molar-refractivity contribution in [3.8, 4) is 0 Å². The summed E-state index contributed by atoms with van der Waals surface area (Å²) in [5.74, 6) is 0. The third-order valence-electron chi connectivity index (χ3n) is 3.08. The van der Waals surface area contributed by atoms with Crippen molar-refractivity contribution in [3.63, 3.8) is 0 Å². The molecule has 0 spiro atoms. The maximum Gasteiger partial charge on any atom is 0.390 e. The number of aryl methyl sites for hydroxylation is 1. The molecule has 0 atom stereocenters. The number of hydrogen-bond acceptors (Lipinski definition) is 3. The number of nitrogens with one attached hydrogen (secondary N) is 1. The molecule has 0 unspecified atom stereocenters. The molecular formula is C12H20F3N3O2S. The van der Waals surface area contributed by atoms with Gasteiger partial charge >= 0.3 is 6.18 Å². The second-order valence-corrected chi connectivity index (χ2v) is 6.72. The molecule has 0 aliphatic carbocycles. The Hall–Kier alpha value is -1.06. The summed E-state index contributed by atoms with van der Waals surface area (Å²) in [7, 11) is -1.02. The van der Waals surface area contributed by atoms with Crippen LogP contribution in [-0.4, -0.2) is 44.1 Å². The SMILES string of the molecule is CCn1cc(S(=O)(=O)N(C)CCC(F)(F)F)cc1CNC. The van der Waals surface area contributed by atoms with Gasteiger partial charge < -0.3 is 9.88 Å². The lowest BCUT2D eigenvalue weighted by Gasteiger charge is -2.17. The van der Waals surface area contributed by atoms with Crippen LogP contribution in [0.3, 0.4) is 0 Å². The van der Waals surface area contributed by atoms with E-state index >= 15 is 0 Å². The minimum atomic E-state index is -4.38. The molecule has 1 aromatic rings. The van der Waals surface area contributed by atoms with Crippen molar-refractivity contribution in [2.45, 2.75) is 37.5 Å². The van der Waals surface area contributed by atoms with E-state index in [4.69, 9.17) is 0 Å². The van der Waals surface area contributed by atoms with E-state index in [1.165, 1.54) is 12.3 Å². The summed E-state index contributed by atoms with van der Waals surface area (Å²) in [5.41, 5.74) is 0.766. The number of rotatable bonds is 7. The number of alkyl halides is 3. The van der Waals surface area contributed by atoms with Crippen molar-refractivity contribution < 1.29 is 21.6 Å². The Labute approximate surface area is 122 Å². The Kier molecular flexibility index (Phi) is 5.83. The monoisotopic (exact) mass is 327 g/mol. The van der Waals surface area contributed by atoms with Crippen LogP contribution in [0.15, 0.2) is 17.2 Å². The topological polar surface area (TPSA) is 54.3 Å². The average molecular weight is 327 g/mol. The number of sulfonamides is 1. The van der Waals surface area contributed by atoms with Gasteiger partial charge in [-0.25, -0.2) is 12.7 Å². The van der Waals surface area contributed by atoms with E-state index in [0.717, 1.165) is 17.0 Å². The molecule has 9 heteroatoms. The first-order valence-electron chi connectivity index (χ1n) is 6.48. The third-order valence-corrected chi connectivity index (χ3v) is 4.90. The Morgan fingerprint density at radius 3 is 2.48 bits per heavy atom. The van der Waals surface area contributed by atoms with Crippen molar-refractivity contribution in [1.29, 1.82) is 0 Å². The van der Waals surface area contributed by atoms with E-state index in [0.29, 0.717) is 13.1 Å². The van der Waals surface area contributed by atoms with Gasteiger partial charge in [0.25, 0.3) is 0 Å². The molecular weight excluding hydrogens is 307 g/mol. The summed E-state index contributed by atoms with van der Waals surface area (Å²) in [6.07, 6.45) is -4.09. The fourth-order valence-electron chi connectivity index (χ4n) is 1.87. The number of hydrogen-bond donors (Lipinski definition) is 1. The van der Waals surface area contributed by atoms with Gasteiger partial charge in [-0.1, -0.05) is 0 Å². The van der Waals surface area contributed by atoms with Crippen molar-refractivity contribution in [3.05, 3.63) is 18.0 Å². The molecule has 5 nitrogen and oxygen atoms in total. The highest BCUT2D eigenvalue weighted by Gasteiger charge is 2.31. The lowest BCUT2D eigenvalue weighted by atomic mass is 10.4. The first kappa shape index (κ1) is 18.0. The van der Waals surface area contributed by atoms with Crippen LogP contribution in [0.5, 0.6) is 0 Å². The maximum absolute atomic E-state index is 12.3. The average Bonchev–Trinajstić information content (AvgIpc) is 2.79. The molecule has 0 aromatic carbocycles. The van der Waals surface area contributed by atoms with Crippen molar-refractivity contribution in [2.24, 2.45) is 0 Å². The molecule has 0 radical (unpaired) electrons. The second-order valence-electron chi connectivity index (χ2n) is 4.68. The van der Waals surface area contributed by atoms with E-state index in [1.807, 2.05) is 6.92 Å². The first-order chi connectivity index (χ1) is 9.61. The van der Waals surface area contributed by atoms with Crippen LogP contribution in [0.2, 0.25) is 0 Å². The second kappa shape index (κ2) is 6.80. The summed E-state index contributed by atoms with van der Waals surface area (Å²) in [6, 6.07) is 1.49. The van der Waals surface area contributed by atoms with Crippen LogP contribution in [0.25, 0.3) is 0 Å². The van der Waals surface area contributed by atoms with E-state index in [-0.39, 0.29) is 4.90 Å². The molecule has 0 saturated carbocycles. The molecule has 0 fully saturated rings. The third kappa shape index (κ3) is 4.72. The van der Waals surface area contributed by atoms with Gasteiger partial charge in [-0.05, 0) is 20.0 Å². The van der Waals surface area contributed by atoms with Gasteiger partial charge in [0.15, 0.2) is 0 Å². The quantitative estimate of drug-likeness (QED) is 0.831. The van der Waals surface area contributed by atoms with Gasteiger partial charge in [0.05, 0.1) is 6.42 Å². The Morgan fingerprint density at radius 2 is 2.00 bits per heavy atom. The molecule has 0 amide bonds. The Morgan fingerprint density at radius 1 is 1.38 bits per heavy atom. The Balaban J connectivity index is 2.96. The molecule has 1 heterocycles. The van der Waals surface area contributed by atoms with Gasteiger partial charge in [-0.2, -0.15) is 13.2 Å². The van der Waals surface area contributed by atoms with E-state index in [9.17, 15) is 21.6 Å². The molecule has 122 valence electrons. The van der Waals surface area contributed by atoms with Crippen molar-refractivity contribution >= 4 is 10.0 Å². The standard InChI is InChI=1S/C12H20F3N3O2S/c1-4-18-9-11(7-10(18)8-16-2)21(19,20)17(3)6-5-12(13,14)15/h7,9,16H,4-6,8H2,1-3H3. The van der Waals surface area contributed by atoms with Crippen LogP contribution in [0.1, 0.15) is 19.0 Å². The highest BCUT2D eigenvalue weighted by atomic mass is 32.2. The van der Waals surface area contributed by atoms with Crippen LogP contribution in [0.4, 0.5) is 13.2 Å². The smallest absolute Gasteiger partial charge is 0.349 e. The predicted octanol–water partition coefficient (Wildman–Crippen LogP) is 1.80. The maximum atomic E-state index is 12.3. The van der Waals surface area contributed by atoms with Gasteiger partial charge in [0.2, 0.25) is 10.0 Å². The van der Waals surface area contributed by atoms with Crippen LogP contribution in [0, 0.1) is 0 Å². The lowest BCUT2D eigenvalue weighted by molar-refractivity contribution is -0.135. The highest BCUT2D eigenvalue weighted by Crippen LogP contribution is 2.23. The fraction of sp³-hybridized carbons (Fsp3) is 0.667. The minimum Gasteiger partial charge on any atom is -0.349 e. The van der Waals surface area contributed by atoms with Crippen molar-refractivity contribution in [1.82, 2.24) is 14.2 Å². The fourth-order valence-corrected chi connectivity index (χ4v) is 3.11. The zero-order valence-electron chi connectivity index (χ0n) is 12.2. The molecule has 21 heavy (non-hydrogen) atoms. The predicted molar refractivity (Wildman–Crippen MR) is 73.4 cm³/mol. The number of aromatic nitrogens is 1. The van der Waals surface area contributed by atoms with Crippen LogP contribution in [-0.2, 0) is 23.1 Å². The zero-order valence-corrected chi connectivity index (χ0v) is 13.1.